The minimum Gasteiger partial charge on any atom is -0.434 e. The highest BCUT2D eigenvalue weighted by molar-refractivity contribution is 5.98. The molecule has 7 unspecified atom stereocenters. The lowest BCUT2D eigenvalue weighted by Crippen LogP contribution is -2.59. The highest BCUT2D eigenvalue weighted by Gasteiger charge is 2.69. The van der Waals surface area contributed by atoms with Crippen LogP contribution in [0.4, 0.5) is 0 Å². The third-order valence-electron chi connectivity index (χ3n) is 9.43. The van der Waals surface area contributed by atoms with Crippen LogP contribution >= 0.6 is 0 Å². The van der Waals surface area contributed by atoms with E-state index in [-0.39, 0.29) is 30.0 Å². The third kappa shape index (κ3) is 3.61. The summed E-state index contributed by atoms with van der Waals surface area (Å²) in [7, 11) is 0. The number of carbonyl (C=O) groups is 3. The van der Waals surface area contributed by atoms with E-state index in [1.807, 2.05) is 19.9 Å². The molecule has 0 spiro atoms. The maximum Gasteiger partial charge on any atom is 0.320 e. The van der Waals surface area contributed by atoms with Crippen molar-refractivity contribution in [3.05, 3.63) is 35.6 Å². The van der Waals surface area contributed by atoms with Crippen molar-refractivity contribution in [1.29, 1.82) is 0 Å². The van der Waals surface area contributed by atoms with E-state index in [0.29, 0.717) is 12.8 Å². The molecule has 35 heavy (non-hydrogen) atoms. The van der Waals surface area contributed by atoms with Gasteiger partial charge in [-0.2, -0.15) is 0 Å². The van der Waals surface area contributed by atoms with Gasteiger partial charge < -0.3 is 20.1 Å². The van der Waals surface area contributed by atoms with Crippen molar-refractivity contribution in [2.75, 3.05) is 0 Å². The molecule has 2 saturated carbocycles. The van der Waals surface area contributed by atoms with Gasteiger partial charge in [-0.25, -0.2) is 0 Å². The minimum absolute atomic E-state index is 0.0405. The summed E-state index contributed by atoms with van der Waals surface area (Å²) >= 11 is 0. The SMILES string of the molecule is CC(C)(O)C=CC(=O)C(C)(O)C1C(O)CC2C3CC=C4C(=COC(=O)C4(C)C)C3(C)C(=O)CC21C. The molecule has 0 amide bonds. The first-order valence-electron chi connectivity index (χ1n) is 12.4. The van der Waals surface area contributed by atoms with Gasteiger partial charge >= 0.3 is 5.97 Å². The number of hydrogen-bond donors (Lipinski definition) is 3. The Balaban J connectivity index is 1.75. The van der Waals surface area contributed by atoms with Gasteiger partial charge in [0.2, 0.25) is 0 Å². The van der Waals surface area contributed by atoms with Crippen molar-refractivity contribution < 1.29 is 34.4 Å². The van der Waals surface area contributed by atoms with Crippen LogP contribution < -0.4 is 0 Å². The molecule has 7 heteroatoms. The molecule has 4 rings (SSSR count). The van der Waals surface area contributed by atoms with Crippen molar-refractivity contribution in [3.8, 4) is 0 Å². The molecule has 7 atom stereocenters. The average Bonchev–Trinajstić information content (AvgIpc) is 2.99. The van der Waals surface area contributed by atoms with Crippen molar-refractivity contribution in [1.82, 2.24) is 0 Å². The molecule has 4 aliphatic rings. The summed E-state index contributed by atoms with van der Waals surface area (Å²) in [5, 5.41) is 32.6. The quantitative estimate of drug-likeness (QED) is 0.412. The summed E-state index contributed by atoms with van der Waals surface area (Å²) in [6.45, 7) is 11.9. The van der Waals surface area contributed by atoms with Crippen molar-refractivity contribution in [2.45, 2.75) is 85.0 Å². The molecule has 192 valence electrons. The van der Waals surface area contributed by atoms with Gasteiger partial charge in [0.1, 0.15) is 11.4 Å². The van der Waals surface area contributed by atoms with E-state index < -0.39 is 45.3 Å². The van der Waals surface area contributed by atoms with Gasteiger partial charge in [0.05, 0.1) is 28.8 Å². The van der Waals surface area contributed by atoms with E-state index in [0.717, 1.165) is 17.2 Å². The summed E-state index contributed by atoms with van der Waals surface area (Å²) in [5.41, 5.74) is -4.17. The Morgan fingerprint density at radius 1 is 1.09 bits per heavy atom. The van der Waals surface area contributed by atoms with Gasteiger partial charge in [0.25, 0.3) is 0 Å². The lowest BCUT2D eigenvalue weighted by atomic mass is 9.46. The molecule has 0 aromatic heterocycles. The Morgan fingerprint density at radius 3 is 2.31 bits per heavy atom. The molecule has 0 aromatic carbocycles. The summed E-state index contributed by atoms with van der Waals surface area (Å²) in [5.74, 6) is -2.17. The van der Waals surface area contributed by atoms with Gasteiger partial charge in [-0.1, -0.05) is 19.1 Å². The Kier molecular flexibility index (Phi) is 5.72. The number of cyclic esters (lactones) is 1. The second kappa shape index (κ2) is 7.70. The van der Waals surface area contributed by atoms with E-state index >= 15 is 0 Å². The zero-order chi connectivity index (χ0) is 26.4. The molecule has 1 aliphatic heterocycles. The van der Waals surface area contributed by atoms with Crippen molar-refractivity contribution in [2.24, 2.45) is 34.0 Å². The van der Waals surface area contributed by atoms with Crippen molar-refractivity contribution in [3.63, 3.8) is 0 Å². The van der Waals surface area contributed by atoms with E-state index in [1.54, 1.807) is 13.8 Å². The van der Waals surface area contributed by atoms with Crippen LogP contribution in [-0.2, 0) is 19.1 Å². The van der Waals surface area contributed by atoms with E-state index in [9.17, 15) is 29.7 Å². The fourth-order valence-corrected chi connectivity index (χ4v) is 7.49. The fourth-order valence-electron chi connectivity index (χ4n) is 7.49. The predicted octanol–water partition coefficient (Wildman–Crippen LogP) is 3.03. The summed E-state index contributed by atoms with van der Waals surface area (Å²) in [4.78, 5) is 39.4. The number of fused-ring (bicyclic) bond motifs is 5. The number of ether oxygens (including phenoxy) is 1. The second-order valence-corrected chi connectivity index (χ2v) is 12.7. The molecule has 3 aliphatic carbocycles. The van der Waals surface area contributed by atoms with Crippen molar-refractivity contribution >= 4 is 17.5 Å². The molecule has 0 radical (unpaired) electrons. The van der Waals surface area contributed by atoms with Crippen LogP contribution in [0.2, 0.25) is 0 Å². The topological polar surface area (TPSA) is 121 Å². The highest BCUT2D eigenvalue weighted by Crippen LogP contribution is 2.67. The number of rotatable bonds is 4. The number of hydrogen-bond acceptors (Lipinski definition) is 7. The maximum absolute atomic E-state index is 13.9. The van der Waals surface area contributed by atoms with Crippen LogP contribution in [0.25, 0.3) is 0 Å². The Morgan fingerprint density at radius 2 is 1.71 bits per heavy atom. The number of Topliss-reactive ketones (excluding diaryl/α,β-unsaturated/α-hetero) is 1. The van der Waals surface area contributed by atoms with Crippen LogP contribution in [0.1, 0.15) is 67.7 Å². The largest absolute Gasteiger partial charge is 0.434 e. The van der Waals surface area contributed by atoms with Crippen LogP contribution in [0.5, 0.6) is 0 Å². The standard InChI is InChI=1S/C28H38O7/c1-24(2,33)11-10-20(30)28(7,34)22-19(29)12-17-16-9-8-15-18(14-35-23(32)25(15,3)4)27(16,6)21(31)13-26(17,22)5/h8,10-11,14,16-17,19,22,29,33-34H,9,12-13H2,1-7H3. The molecule has 0 aromatic rings. The Bertz CT molecular complexity index is 1070. The highest BCUT2D eigenvalue weighted by atomic mass is 16.5. The molecule has 1 heterocycles. The maximum atomic E-state index is 13.9. The second-order valence-electron chi connectivity index (χ2n) is 12.7. The molecule has 7 nitrogen and oxygen atoms in total. The normalized spacial score (nSPS) is 40.2. The zero-order valence-corrected chi connectivity index (χ0v) is 21.7. The summed E-state index contributed by atoms with van der Waals surface area (Å²) < 4.78 is 5.39. The smallest absolute Gasteiger partial charge is 0.320 e. The predicted molar refractivity (Wildman–Crippen MR) is 129 cm³/mol. The number of ketones is 2. The van der Waals surface area contributed by atoms with E-state index in [1.165, 1.54) is 33.1 Å². The molecule has 3 N–H and O–H groups in total. The van der Waals surface area contributed by atoms with Gasteiger partial charge in [-0.3, -0.25) is 14.4 Å². The molecule has 2 fully saturated rings. The average molecular weight is 487 g/mol. The number of aliphatic hydroxyl groups excluding tert-OH is 1. The number of esters is 1. The van der Waals surface area contributed by atoms with Gasteiger partial charge in [0, 0.05) is 17.9 Å². The number of allylic oxidation sites excluding steroid dienone is 2. The molecule has 0 bridgehead atoms. The third-order valence-corrected chi connectivity index (χ3v) is 9.43. The zero-order valence-electron chi connectivity index (χ0n) is 21.7. The first kappa shape index (κ1) is 26.0. The van der Waals surface area contributed by atoms with Gasteiger partial charge in [0.15, 0.2) is 5.78 Å². The molecular weight excluding hydrogens is 448 g/mol. The lowest BCUT2D eigenvalue weighted by Gasteiger charge is -2.57. The van der Waals surface area contributed by atoms with E-state index in [4.69, 9.17) is 4.74 Å². The van der Waals surface area contributed by atoms with Gasteiger partial charge in [-0.15, -0.1) is 0 Å². The number of aliphatic hydroxyl groups is 3. The summed E-state index contributed by atoms with van der Waals surface area (Å²) in [6, 6.07) is 0. The number of carbonyl (C=O) groups excluding carboxylic acids is 3. The molecular formula is C28H38O7. The minimum atomic E-state index is -1.92. The fraction of sp³-hybridized carbons (Fsp3) is 0.679. The first-order valence-corrected chi connectivity index (χ1v) is 12.4. The van der Waals surface area contributed by atoms with E-state index in [2.05, 4.69) is 0 Å². The Hall–Kier alpha value is -2.09. The lowest BCUT2D eigenvalue weighted by molar-refractivity contribution is -0.161. The van der Waals surface area contributed by atoms with Crippen LogP contribution in [0, 0.1) is 34.0 Å². The van der Waals surface area contributed by atoms with Crippen LogP contribution in [0.15, 0.2) is 35.6 Å². The monoisotopic (exact) mass is 486 g/mol. The first-order chi connectivity index (χ1) is 15.9. The van der Waals surface area contributed by atoms with Crippen LogP contribution in [-0.4, -0.2) is 50.2 Å². The van der Waals surface area contributed by atoms with Crippen LogP contribution in [0.3, 0.4) is 0 Å². The molecule has 0 saturated heterocycles. The Labute approximate surface area is 206 Å². The summed E-state index contributed by atoms with van der Waals surface area (Å²) in [6.07, 6.45) is 5.95. The van der Waals surface area contributed by atoms with Gasteiger partial charge in [-0.05, 0) is 83.3 Å².